The zero-order valence-corrected chi connectivity index (χ0v) is 24.1. The Morgan fingerprint density at radius 2 is 1.07 bits per heavy atom. The lowest BCUT2D eigenvalue weighted by Gasteiger charge is -2.33. The first kappa shape index (κ1) is 37.1. The van der Waals surface area contributed by atoms with Crippen molar-refractivity contribution in [2.24, 2.45) is 0 Å². The Labute approximate surface area is 248 Å². The summed E-state index contributed by atoms with van der Waals surface area (Å²) in [4.78, 5) is 38.6. The minimum Gasteiger partial charge on any atom is -0.480 e. The number of rotatable bonds is 11. The zero-order chi connectivity index (χ0) is 33.3. The van der Waals surface area contributed by atoms with Gasteiger partial charge in [-0.2, -0.15) is 26.3 Å². The van der Waals surface area contributed by atoms with E-state index in [0.717, 1.165) is 0 Å². The maximum atomic E-state index is 13.5. The van der Waals surface area contributed by atoms with E-state index < -0.39 is 75.9 Å². The van der Waals surface area contributed by atoms with Gasteiger partial charge >= 0.3 is 30.3 Å². The molecular formula is C24H33F6N5O8S. The molecule has 0 aliphatic carbocycles. The number of halogens is 6. The Morgan fingerprint density at radius 1 is 0.682 bits per heavy atom. The third-order valence-corrected chi connectivity index (χ3v) is 8.13. The average Bonchev–Trinajstić information content (AvgIpc) is 2.87. The zero-order valence-electron chi connectivity index (χ0n) is 23.3. The summed E-state index contributed by atoms with van der Waals surface area (Å²) in [6.45, 7) is -1.04. The van der Waals surface area contributed by atoms with E-state index in [0.29, 0.717) is 0 Å². The van der Waals surface area contributed by atoms with Crippen molar-refractivity contribution in [3.05, 3.63) is 29.3 Å². The number of benzene rings is 1. The second-order valence-corrected chi connectivity index (χ2v) is 11.7. The minimum absolute atomic E-state index is 0.0411. The number of hydrogen-bond donors (Lipinski definition) is 4. The molecule has 0 spiro atoms. The van der Waals surface area contributed by atoms with Gasteiger partial charge in [-0.3, -0.25) is 34.0 Å². The molecule has 250 valence electrons. The van der Waals surface area contributed by atoms with Crippen LogP contribution in [0.25, 0.3) is 0 Å². The van der Waals surface area contributed by atoms with E-state index in [2.05, 4.69) is 0 Å². The lowest BCUT2D eigenvalue weighted by atomic mass is 10.1. The maximum absolute atomic E-state index is 13.5. The molecule has 1 saturated heterocycles. The highest BCUT2D eigenvalue weighted by Gasteiger charge is 2.40. The first-order valence-electron chi connectivity index (χ1n) is 13.1. The second-order valence-electron chi connectivity index (χ2n) is 9.96. The van der Waals surface area contributed by atoms with Crippen LogP contribution in [0.15, 0.2) is 23.1 Å². The number of carboxylic acids is 3. The molecule has 0 saturated carbocycles. The van der Waals surface area contributed by atoms with Crippen LogP contribution in [0.2, 0.25) is 0 Å². The van der Waals surface area contributed by atoms with E-state index in [4.69, 9.17) is 0 Å². The van der Waals surface area contributed by atoms with E-state index >= 15 is 0 Å². The molecule has 1 aliphatic rings. The second kappa shape index (κ2) is 15.8. The lowest BCUT2D eigenvalue weighted by molar-refractivity contribution is -0.143. The predicted molar refractivity (Wildman–Crippen MR) is 140 cm³/mol. The summed E-state index contributed by atoms with van der Waals surface area (Å²) in [6.07, 6.45) is -10.4. The molecule has 1 aliphatic heterocycles. The van der Waals surface area contributed by atoms with Crippen molar-refractivity contribution >= 4 is 27.9 Å². The fourth-order valence-corrected chi connectivity index (χ4v) is 5.69. The van der Waals surface area contributed by atoms with Gasteiger partial charge in [0.05, 0.1) is 35.7 Å². The Bertz CT molecular complexity index is 1230. The molecule has 13 nitrogen and oxygen atoms in total. The van der Waals surface area contributed by atoms with E-state index in [1.807, 2.05) is 4.72 Å². The van der Waals surface area contributed by atoms with Gasteiger partial charge in [-0.05, 0) is 18.2 Å². The summed E-state index contributed by atoms with van der Waals surface area (Å²) in [5, 5.41) is 27.8. The Balaban J connectivity index is 2.25. The minimum atomic E-state index is -5.27. The Morgan fingerprint density at radius 3 is 1.41 bits per heavy atom. The molecule has 1 fully saturated rings. The van der Waals surface area contributed by atoms with Crippen LogP contribution < -0.4 is 4.72 Å². The molecule has 0 aromatic heterocycles. The first-order valence-corrected chi connectivity index (χ1v) is 14.6. The molecule has 0 bridgehead atoms. The number of hydrogen-bond acceptors (Lipinski definition) is 9. The highest BCUT2D eigenvalue weighted by atomic mass is 32.2. The van der Waals surface area contributed by atoms with Gasteiger partial charge in [0.2, 0.25) is 10.0 Å². The number of carbonyl (C=O) groups is 3. The highest BCUT2D eigenvalue weighted by molar-refractivity contribution is 7.89. The lowest BCUT2D eigenvalue weighted by Crippen LogP contribution is -2.49. The van der Waals surface area contributed by atoms with Crippen LogP contribution >= 0.6 is 0 Å². The van der Waals surface area contributed by atoms with Crippen LogP contribution in [-0.4, -0.2) is 146 Å². The van der Waals surface area contributed by atoms with Crippen molar-refractivity contribution in [2.45, 2.75) is 17.2 Å². The van der Waals surface area contributed by atoms with E-state index in [1.165, 1.54) is 14.7 Å². The number of aliphatic carboxylic acids is 3. The van der Waals surface area contributed by atoms with E-state index in [-0.39, 0.29) is 83.6 Å². The largest absolute Gasteiger partial charge is 0.480 e. The van der Waals surface area contributed by atoms with E-state index in [9.17, 15) is 64.5 Å². The molecule has 1 aromatic carbocycles. The summed E-state index contributed by atoms with van der Waals surface area (Å²) in [7, 11) is -5.09. The van der Waals surface area contributed by atoms with Crippen LogP contribution in [-0.2, 0) is 36.8 Å². The number of nitrogens with one attached hydrogen (secondary N) is 1. The standard InChI is InChI=1S/C24H33F6N5O8S/c25-23(26,27)17-1-2-18(24(28,29)30)19(13-17)44(42,43)31-3-4-32-5-7-33(14-20(36)37)9-11-35(16-22(40)41)12-10-34(8-6-32)15-21(38)39/h1-2,13,31H,3-12,14-16H2,(H,36,37)(H,38,39)(H,40,41). The van der Waals surface area contributed by atoms with Gasteiger partial charge < -0.3 is 15.3 Å². The fraction of sp³-hybridized carbons (Fsp3) is 0.625. The molecule has 0 radical (unpaired) electrons. The Kier molecular flexibility index (Phi) is 13.3. The molecule has 1 heterocycles. The van der Waals surface area contributed by atoms with Gasteiger partial charge in [-0.15, -0.1) is 0 Å². The fourth-order valence-electron chi connectivity index (χ4n) is 4.42. The topological polar surface area (TPSA) is 171 Å². The van der Waals surface area contributed by atoms with E-state index in [1.54, 1.807) is 4.90 Å². The quantitative estimate of drug-likeness (QED) is 0.242. The summed E-state index contributed by atoms with van der Waals surface area (Å²) in [5.74, 6) is -3.47. The van der Waals surface area contributed by atoms with Gasteiger partial charge in [0, 0.05) is 65.4 Å². The van der Waals surface area contributed by atoms with Gasteiger partial charge in [-0.25, -0.2) is 13.1 Å². The van der Waals surface area contributed by atoms with Crippen LogP contribution in [0.4, 0.5) is 26.3 Å². The van der Waals surface area contributed by atoms with Crippen LogP contribution in [0.5, 0.6) is 0 Å². The maximum Gasteiger partial charge on any atom is 0.417 e. The molecule has 0 unspecified atom stereocenters. The van der Waals surface area contributed by atoms with Crippen LogP contribution in [0.1, 0.15) is 11.1 Å². The molecule has 2 rings (SSSR count). The Hall–Kier alpha value is -3.04. The van der Waals surface area contributed by atoms with Crippen LogP contribution in [0, 0.1) is 0 Å². The average molecular weight is 666 g/mol. The van der Waals surface area contributed by atoms with Gasteiger partial charge in [0.1, 0.15) is 0 Å². The summed E-state index contributed by atoms with van der Waals surface area (Å²) in [6, 6.07) is 0.0764. The monoisotopic (exact) mass is 665 g/mol. The van der Waals surface area contributed by atoms with Crippen molar-refractivity contribution in [3.63, 3.8) is 0 Å². The molecule has 1 aromatic rings. The smallest absolute Gasteiger partial charge is 0.417 e. The molecule has 0 atom stereocenters. The molecule has 44 heavy (non-hydrogen) atoms. The van der Waals surface area contributed by atoms with Crippen molar-refractivity contribution in [1.29, 1.82) is 0 Å². The molecule has 4 N–H and O–H groups in total. The highest BCUT2D eigenvalue weighted by Crippen LogP contribution is 2.38. The van der Waals surface area contributed by atoms with Gasteiger partial charge in [0.15, 0.2) is 0 Å². The van der Waals surface area contributed by atoms with Crippen molar-refractivity contribution in [3.8, 4) is 0 Å². The number of sulfonamides is 1. The van der Waals surface area contributed by atoms with Crippen LogP contribution in [0.3, 0.4) is 0 Å². The third-order valence-electron chi connectivity index (χ3n) is 6.63. The molecular weight excluding hydrogens is 632 g/mol. The summed E-state index contributed by atoms with van der Waals surface area (Å²) < 4.78 is 107. The first-order chi connectivity index (χ1) is 20.3. The number of nitrogens with zero attached hydrogens (tertiary/aromatic N) is 4. The SMILES string of the molecule is O=C(O)CN1CCN(CCNS(=O)(=O)c2cc(C(F)(F)F)ccc2C(F)(F)F)CCN(CC(=O)O)CCN(CC(=O)O)CC1. The normalized spacial score (nSPS) is 18.0. The summed E-state index contributed by atoms with van der Waals surface area (Å²) in [5.41, 5.74) is -3.37. The summed E-state index contributed by atoms with van der Waals surface area (Å²) >= 11 is 0. The van der Waals surface area contributed by atoms with Crippen molar-refractivity contribution < 1.29 is 64.5 Å². The number of alkyl halides is 6. The van der Waals surface area contributed by atoms with Gasteiger partial charge in [0.25, 0.3) is 0 Å². The van der Waals surface area contributed by atoms with Crippen molar-refractivity contribution in [1.82, 2.24) is 24.3 Å². The third kappa shape index (κ3) is 12.5. The van der Waals surface area contributed by atoms with Gasteiger partial charge in [-0.1, -0.05) is 0 Å². The molecule has 20 heteroatoms. The van der Waals surface area contributed by atoms with Crippen molar-refractivity contribution in [2.75, 3.05) is 85.1 Å². The predicted octanol–water partition coefficient (Wildman–Crippen LogP) is 0.478. The number of carboxylic acid groups (broad SMARTS) is 3. The molecule has 0 amide bonds.